The number of rotatable bonds is 6. The van der Waals surface area contributed by atoms with Crippen molar-refractivity contribution < 1.29 is 4.42 Å². The second kappa shape index (κ2) is 13.4. The summed E-state index contributed by atoms with van der Waals surface area (Å²) in [4.78, 5) is 4.88. The number of furan rings is 1. The molecule has 3 nitrogen and oxygen atoms in total. The quantitative estimate of drug-likeness (QED) is 0.167. The Balaban J connectivity index is 1.14. The lowest BCUT2D eigenvalue weighted by molar-refractivity contribution is 0.669. The van der Waals surface area contributed by atoms with Gasteiger partial charge in [0.25, 0.3) is 0 Å². The molecule has 2 aliphatic rings. The molecule has 1 unspecified atom stereocenters. The van der Waals surface area contributed by atoms with Crippen molar-refractivity contribution in [3.63, 3.8) is 0 Å². The average molecular weight is 791 g/mol. The SMILES string of the molecule is c1ccc(N(c2ccccc2)c2cccc3c2-c2ccccc2C32c3ccccc3-c3cc(N(c4ccccc4)c4cccc5oc6ccccc6c45)c4ccccc4c32)cc1. The highest BCUT2D eigenvalue weighted by molar-refractivity contribution is 6.16. The Kier molecular flexibility index (Phi) is 7.52. The van der Waals surface area contributed by atoms with Gasteiger partial charge in [0.15, 0.2) is 0 Å². The van der Waals surface area contributed by atoms with E-state index in [4.69, 9.17) is 4.42 Å². The highest BCUT2D eigenvalue weighted by Gasteiger charge is 2.53. The molecule has 13 rings (SSSR count). The van der Waals surface area contributed by atoms with Crippen LogP contribution in [0.15, 0.2) is 235 Å². The highest BCUT2D eigenvalue weighted by Crippen LogP contribution is 2.66. The number of hydrogen-bond donors (Lipinski definition) is 0. The van der Waals surface area contributed by atoms with Gasteiger partial charge in [-0.05, 0) is 111 Å². The van der Waals surface area contributed by atoms with Crippen molar-refractivity contribution in [2.75, 3.05) is 9.80 Å². The normalized spacial score (nSPS) is 14.5. The zero-order valence-electron chi connectivity index (χ0n) is 33.7. The predicted octanol–water partition coefficient (Wildman–Crippen LogP) is 16.0. The minimum atomic E-state index is -0.580. The fourth-order valence-corrected chi connectivity index (χ4v) is 10.9. The monoisotopic (exact) mass is 790 g/mol. The summed E-state index contributed by atoms with van der Waals surface area (Å²) in [6.07, 6.45) is 0. The maximum atomic E-state index is 6.51. The zero-order chi connectivity index (χ0) is 40.8. The number of fused-ring (bicyclic) bond motifs is 15. The van der Waals surface area contributed by atoms with Gasteiger partial charge in [-0.2, -0.15) is 0 Å². The van der Waals surface area contributed by atoms with Crippen molar-refractivity contribution >= 4 is 66.8 Å². The van der Waals surface area contributed by atoms with E-state index >= 15 is 0 Å². The minimum absolute atomic E-state index is 0.580. The molecule has 1 heterocycles. The summed E-state index contributed by atoms with van der Waals surface area (Å²) in [5.74, 6) is 0. The topological polar surface area (TPSA) is 19.6 Å². The third-order valence-electron chi connectivity index (χ3n) is 13.2. The predicted molar refractivity (Wildman–Crippen MR) is 257 cm³/mol. The summed E-state index contributed by atoms with van der Waals surface area (Å²) in [5, 5.41) is 4.62. The maximum Gasteiger partial charge on any atom is 0.137 e. The largest absolute Gasteiger partial charge is 0.456 e. The summed E-state index contributed by atoms with van der Waals surface area (Å²) < 4.78 is 6.51. The second-order valence-electron chi connectivity index (χ2n) is 16.3. The van der Waals surface area contributed by atoms with Crippen LogP contribution >= 0.6 is 0 Å². The molecule has 0 radical (unpaired) electrons. The van der Waals surface area contributed by atoms with Crippen molar-refractivity contribution in [1.29, 1.82) is 0 Å². The molecule has 0 bridgehead atoms. The highest BCUT2D eigenvalue weighted by atomic mass is 16.3. The van der Waals surface area contributed by atoms with Gasteiger partial charge in [0.1, 0.15) is 11.2 Å². The van der Waals surface area contributed by atoms with Crippen molar-refractivity contribution in [2.24, 2.45) is 0 Å². The van der Waals surface area contributed by atoms with Gasteiger partial charge in [0.05, 0.1) is 27.9 Å². The summed E-state index contributed by atoms with van der Waals surface area (Å²) in [5.41, 5.74) is 18.1. The van der Waals surface area contributed by atoms with E-state index in [1.165, 1.54) is 55.3 Å². The Morgan fingerprint density at radius 2 is 0.823 bits per heavy atom. The van der Waals surface area contributed by atoms with Crippen LogP contribution in [-0.2, 0) is 5.41 Å². The molecule has 2 aliphatic carbocycles. The molecule has 0 fully saturated rings. The molecule has 1 aromatic heterocycles. The van der Waals surface area contributed by atoms with Crippen molar-refractivity contribution in [3.8, 4) is 22.3 Å². The lowest BCUT2D eigenvalue weighted by Crippen LogP contribution is -2.26. The first-order chi connectivity index (χ1) is 30.8. The Hall–Kier alpha value is -8.14. The lowest BCUT2D eigenvalue weighted by Gasteiger charge is -2.33. The average Bonchev–Trinajstić information content (AvgIpc) is 3.98. The number of benzene rings is 10. The Labute approximate surface area is 360 Å². The van der Waals surface area contributed by atoms with Gasteiger partial charge in [-0.15, -0.1) is 0 Å². The van der Waals surface area contributed by atoms with E-state index in [-0.39, 0.29) is 0 Å². The van der Waals surface area contributed by atoms with E-state index in [0.717, 1.165) is 56.1 Å². The molecular formula is C59H38N2O. The van der Waals surface area contributed by atoms with Crippen LogP contribution in [0, 0.1) is 0 Å². The van der Waals surface area contributed by atoms with Crippen LogP contribution < -0.4 is 9.80 Å². The number of anilines is 6. The smallest absolute Gasteiger partial charge is 0.137 e. The van der Waals surface area contributed by atoms with Crippen LogP contribution in [0.1, 0.15) is 22.3 Å². The minimum Gasteiger partial charge on any atom is -0.456 e. The fourth-order valence-electron chi connectivity index (χ4n) is 10.9. The van der Waals surface area contributed by atoms with Gasteiger partial charge < -0.3 is 14.2 Å². The zero-order valence-corrected chi connectivity index (χ0v) is 33.7. The maximum absolute atomic E-state index is 6.51. The van der Waals surface area contributed by atoms with Crippen LogP contribution in [0.4, 0.5) is 34.1 Å². The van der Waals surface area contributed by atoms with Gasteiger partial charge >= 0.3 is 0 Å². The number of nitrogens with zero attached hydrogens (tertiary/aromatic N) is 2. The number of hydrogen-bond acceptors (Lipinski definition) is 3. The first-order valence-corrected chi connectivity index (χ1v) is 21.4. The van der Waals surface area contributed by atoms with Gasteiger partial charge in [-0.3, -0.25) is 0 Å². The molecule has 0 N–H and O–H groups in total. The van der Waals surface area contributed by atoms with Crippen molar-refractivity contribution in [2.45, 2.75) is 5.41 Å². The number of para-hydroxylation sites is 4. The molecule has 0 saturated carbocycles. The van der Waals surface area contributed by atoms with E-state index in [0.29, 0.717) is 0 Å². The van der Waals surface area contributed by atoms with Crippen LogP contribution in [0.25, 0.3) is 55.0 Å². The Morgan fingerprint density at radius 1 is 0.323 bits per heavy atom. The van der Waals surface area contributed by atoms with Gasteiger partial charge in [-0.1, -0.05) is 164 Å². The molecule has 3 heteroatoms. The first kappa shape index (κ1) is 34.7. The molecular weight excluding hydrogens is 753 g/mol. The van der Waals surface area contributed by atoms with Crippen LogP contribution in [-0.4, -0.2) is 0 Å². The molecule has 1 atom stereocenters. The van der Waals surface area contributed by atoms with E-state index in [9.17, 15) is 0 Å². The van der Waals surface area contributed by atoms with Crippen molar-refractivity contribution in [1.82, 2.24) is 0 Å². The lowest BCUT2D eigenvalue weighted by atomic mass is 9.69. The molecule has 10 aromatic carbocycles. The van der Waals surface area contributed by atoms with Gasteiger partial charge in [0.2, 0.25) is 0 Å². The summed E-state index contributed by atoms with van der Waals surface area (Å²) in [6, 6.07) is 84.0. The molecule has 11 aromatic rings. The van der Waals surface area contributed by atoms with E-state index in [1.54, 1.807) is 0 Å². The van der Waals surface area contributed by atoms with E-state index in [1.807, 2.05) is 6.07 Å². The second-order valence-corrected chi connectivity index (χ2v) is 16.3. The van der Waals surface area contributed by atoms with Crippen LogP contribution in [0.3, 0.4) is 0 Å². The molecule has 0 saturated heterocycles. The van der Waals surface area contributed by atoms with Gasteiger partial charge in [0, 0.05) is 33.4 Å². The molecule has 0 amide bonds. The third-order valence-corrected chi connectivity index (χ3v) is 13.2. The van der Waals surface area contributed by atoms with Crippen molar-refractivity contribution in [3.05, 3.63) is 253 Å². The molecule has 290 valence electrons. The molecule has 62 heavy (non-hydrogen) atoms. The first-order valence-electron chi connectivity index (χ1n) is 21.4. The van der Waals surface area contributed by atoms with Crippen LogP contribution in [0.2, 0.25) is 0 Å². The van der Waals surface area contributed by atoms with E-state index < -0.39 is 5.41 Å². The third kappa shape index (κ3) is 4.76. The Bertz CT molecular complexity index is 3500. The van der Waals surface area contributed by atoms with Gasteiger partial charge in [-0.25, -0.2) is 0 Å². The summed E-state index contributed by atoms with van der Waals surface area (Å²) in [6.45, 7) is 0. The fraction of sp³-hybridized carbons (Fsp3) is 0.0169. The standard InChI is InChI=1S/C59H38N2O/c1-4-20-39(21-5-1)60(40-22-6-2-7-23-40)51-34-18-33-50-56(51)45-29-13-16-32-49(45)59(50)48-31-15-12-26-42(48)47-38-53(43-27-10-11-28-44(43)58(47)59)61(41-24-8-3-9-25-41)52-35-19-37-55-57(52)46-30-14-17-36-54(46)62-55/h1-38H. The summed E-state index contributed by atoms with van der Waals surface area (Å²) in [7, 11) is 0. The molecule has 0 aliphatic heterocycles. The van der Waals surface area contributed by atoms with Crippen LogP contribution in [0.5, 0.6) is 0 Å². The molecule has 1 spiro atoms. The Morgan fingerprint density at radius 3 is 1.53 bits per heavy atom. The van der Waals surface area contributed by atoms with E-state index in [2.05, 4.69) is 234 Å². The summed E-state index contributed by atoms with van der Waals surface area (Å²) >= 11 is 0.